The first-order chi connectivity index (χ1) is 5.72. The maximum absolute atomic E-state index is 10.8. The third kappa shape index (κ3) is 2.49. The number of esters is 1. The molecule has 0 bridgehead atoms. The normalized spacial score (nSPS) is 23.4. The number of carbonyl (C=O) groups excluding carboxylic acids is 2. The maximum atomic E-state index is 10.8. The van der Waals surface area contributed by atoms with Crippen LogP contribution in [0.2, 0.25) is 0 Å². The summed E-state index contributed by atoms with van der Waals surface area (Å²) in [5.41, 5.74) is 0. The predicted octanol–water partition coefficient (Wildman–Crippen LogP) is 1.08. The molecule has 3 nitrogen and oxygen atoms in total. The molecule has 1 unspecified atom stereocenters. The molecule has 1 aliphatic carbocycles. The Bertz CT molecular complexity index is 218. The van der Waals surface area contributed by atoms with Crippen LogP contribution in [0.15, 0.2) is 12.2 Å². The van der Waals surface area contributed by atoms with Gasteiger partial charge in [-0.1, -0.05) is 6.08 Å². The summed E-state index contributed by atoms with van der Waals surface area (Å²) < 4.78 is 4.43. The molecule has 0 heterocycles. The molecule has 0 radical (unpaired) electrons. The lowest BCUT2D eigenvalue weighted by Crippen LogP contribution is -1.96. The molecule has 1 aliphatic rings. The third-order valence-corrected chi connectivity index (χ3v) is 1.99. The summed E-state index contributed by atoms with van der Waals surface area (Å²) in [5, 5.41) is 0. The van der Waals surface area contributed by atoms with Gasteiger partial charge in [0.05, 0.1) is 7.11 Å². The fourth-order valence-corrected chi connectivity index (χ4v) is 1.29. The number of rotatable bonds is 2. The SMILES string of the molecule is COC(=O)C=CC1CCC(=O)C1. The Labute approximate surface area is 71.4 Å². The number of hydrogen-bond donors (Lipinski definition) is 0. The first-order valence-electron chi connectivity index (χ1n) is 4.00. The highest BCUT2D eigenvalue weighted by Crippen LogP contribution is 2.22. The van der Waals surface area contributed by atoms with Crippen molar-refractivity contribution in [3.05, 3.63) is 12.2 Å². The van der Waals surface area contributed by atoms with E-state index in [1.165, 1.54) is 13.2 Å². The molecule has 0 amide bonds. The molecule has 0 saturated heterocycles. The van der Waals surface area contributed by atoms with Gasteiger partial charge < -0.3 is 4.74 Å². The number of Topliss-reactive ketones (excluding diaryl/α,β-unsaturated/α-hetero) is 1. The monoisotopic (exact) mass is 168 g/mol. The summed E-state index contributed by atoms with van der Waals surface area (Å²) in [7, 11) is 1.34. The van der Waals surface area contributed by atoms with Gasteiger partial charge in [0.25, 0.3) is 0 Å². The summed E-state index contributed by atoms with van der Waals surface area (Å²) in [6.45, 7) is 0. The molecule has 0 aromatic rings. The lowest BCUT2D eigenvalue weighted by molar-refractivity contribution is -0.134. The summed E-state index contributed by atoms with van der Waals surface area (Å²) in [5.74, 6) is 0.181. The van der Waals surface area contributed by atoms with E-state index < -0.39 is 0 Å². The van der Waals surface area contributed by atoms with Crippen LogP contribution in [0, 0.1) is 5.92 Å². The number of ketones is 1. The number of methoxy groups -OCH3 is 1. The third-order valence-electron chi connectivity index (χ3n) is 1.99. The zero-order valence-corrected chi connectivity index (χ0v) is 7.08. The molecule has 12 heavy (non-hydrogen) atoms. The lowest BCUT2D eigenvalue weighted by Gasteiger charge is -1.97. The van der Waals surface area contributed by atoms with Crippen LogP contribution in [0.4, 0.5) is 0 Å². The quantitative estimate of drug-likeness (QED) is 0.458. The van der Waals surface area contributed by atoms with E-state index in [1.54, 1.807) is 6.08 Å². The molecule has 1 saturated carbocycles. The molecule has 0 aromatic heterocycles. The van der Waals surface area contributed by atoms with Gasteiger partial charge in [-0.25, -0.2) is 4.79 Å². The molecule has 1 atom stereocenters. The van der Waals surface area contributed by atoms with Crippen molar-refractivity contribution < 1.29 is 14.3 Å². The van der Waals surface area contributed by atoms with Gasteiger partial charge in [-0.2, -0.15) is 0 Å². The van der Waals surface area contributed by atoms with Crippen LogP contribution >= 0.6 is 0 Å². The van der Waals surface area contributed by atoms with Gasteiger partial charge in [0.2, 0.25) is 0 Å². The molecule has 1 rings (SSSR count). The van der Waals surface area contributed by atoms with Crippen molar-refractivity contribution in [2.24, 2.45) is 5.92 Å². The van der Waals surface area contributed by atoms with Crippen molar-refractivity contribution in [1.82, 2.24) is 0 Å². The summed E-state index contributed by atoms with van der Waals surface area (Å²) in [6, 6.07) is 0. The molecular formula is C9H12O3. The molecule has 0 spiro atoms. The fourth-order valence-electron chi connectivity index (χ4n) is 1.29. The van der Waals surface area contributed by atoms with Crippen LogP contribution in [-0.4, -0.2) is 18.9 Å². The molecule has 3 heteroatoms. The van der Waals surface area contributed by atoms with Crippen molar-refractivity contribution in [2.45, 2.75) is 19.3 Å². The fraction of sp³-hybridized carbons (Fsp3) is 0.556. The predicted molar refractivity (Wildman–Crippen MR) is 43.5 cm³/mol. The number of ether oxygens (including phenoxy) is 1. The lowest BCUT2D eigenvalue weighted by atomic mass is 10.1. The largest absolute Gasteiger partial charge is 0.466 e. The Morgan fingerprint density at radius 3 is 2.92 bits per heavy atom. The Morgan fingerprint density at radius 2 is 2.42 bits per heavy atom. The van der Waals surface area contributed by atoms with Crippen LogP contribution in [0.25, 0.3) is 0 Å². The summed E-state index contributed by atoms with van der Waals surface area (Å²) >= 11 is 0. The molecule has 66 valence electrons. The van der Waals surface area contributed by atoms with Gasteiger partial charge in [0.1, 0.15) is 5.78 Å². The maximum Gasteiger partial charge on any atom is 0.330 e. The standard InChI is InChI=1S/C9H12O3/c1-12-9(11)5-3-7-2-4-8(10)6-7/h3,5,7H,2,4,6H2,1H3. The molecule has 0 aromatic carbocycles. The topological polar surface area (TPSA) is 43.4 Å². The Morgan fingerprint density at radius 1 is 1.67 bits per heavy atom. The first kappa shape index (κ1) is 8.97. The number of carbonyl (C=O) groups is 2. The van der Waals surface area contributed by atoms with E-state index in [2.05, 4.69) is 4.74 Å². The van der Waals surface area contributed by atoms with Gasteiger partial charge in [0, 0.05) is 18.9 Å². The van der Waals surface area contributed by atoms with Gasteiger partial charge in [-0.3, -0.25) is 4.79 Å². The molecule has 0 aliphatic heterocycles. The van der Waals surface area contributed by atoms with Gasteiger partial charge in [-0.15, -0.1) is 0 Å². The van der Waals surface area contributed by atoms with Crippen molar-refractivity contribution in [3.8, 4) is 0 Å². The van der Waals surface area contributed by atoms with E-state index in [-0.39, 0.29) is 17.7 Å². The van der Waals surface area contributed by atoms with E-state index in [4.69, 9.17) is 0 Å². The van der Waals surface area contributed by atoms with E-state index in [9.17, 15) is 9.59 Å². The van der Waals surface area contributed by atoms with Gasteiger partial charge >= 0.3 is 5.97 Å². The minimum absolute atomic E-state index is 0.247. The van der Waals surface area contributed by atoms with Crippen molar-refractivity contribution >= 4 is 11.8 Å². The van der Waals surface area contributed by atoms with Crippen molar-refractivity contribution in [3.63, 3.8) is 0 Å². The Kier molecular flexibility index (Phi) is 3.02. The van der Waals surface area contributed by atoms with Crippen LogP contribution in [0.1, 0.15) is 19.3 Å². The van der Waals surface area contributed by atoms with Crippen LogP contribution in [0.5, 0.6) is 0 Å². The highest BCUT2D eigenvalue weighted by molar-refractivity contribution is 5.83. The van der Waals surface area contributed by atoms with Crippen LogP contribution in [-0.2, 0) is 14.3 Å². The van der Waals surface area contributed by atoms with E-state index in [1.807, 2.05) is 0 Å². The smallest absolute Gasteiger partial charge is 0.330 e. The average molecular weight is 168 g/mol. The van der Waals surface area contributed by atoms with Crippen LogP contribution in [0.3, 0.4) is 0 Å². The second kappa shape index (κ2) is 4.04. The number of hydrogen-bond acceptors (Lipinski definition) is 3. The van der Waals surface area contributed by atoms with E-state index >= 15 is 0 Å². The first-order valence-corrected chi connectivity index (χ1v) is 4.00. The van der Waals surface area contributed by atoms with Gasteiger partial charge in [-0.05, 0) is 12.3 Å². The van der Waals surface area contributed by atoms with Crippen molar-refractivity contribution in [1.29, 1.82) is 0 Å². The molecular weight excluding hydrogens is 156 g/mol. The zero-order valence-electron chi connectivity index (χ0n) is 7.08. The zero-order chi connectivity index (χ0) is 8.97. The average Bonchev–Trinajstić information content (AvgIpc) is 2.47. The Hall–Kier alpha value is -1.12. The Balaban J connectivity index is 2.36. The van der Waals surface area contributed by atoms with E-state index in [0.717, 1.165) is 6.42 Å². The molecule has 1 fully saturated rings. The second-order valence-corrected chi connectivity index (χ2v) is 2.92. The minimum atomic E-state index is -0.352. The van der Waals surface area contributed by atoms with Crippen LogP contribution < -0.4 is 0 Å². The van der Waals surface area contributed by atoms with E-state index in [0.29, 0.717) is 12.8 Å². The molecule has 0 N–H and O–H groups in total. The minimum Gasteiger partial charge on any atom is -0.466 e. The highest BCUT2D eigenvalue weighted by atomic mass is 16.5. The number of allylic oxidation sites excluding steroid dienone is 1. The highest BCUT2D eigenvalue weighted by Gasteiger charge is 2.19. The summed E-state index contributed by atoms with van der Waals surface area (Å²) in [6.07, 6.45) is 5.25. The summed E-state index contributed by atoms with van der Waals surface area (Å²) in [4.78, 5) is 21.5. The second-order valence-electron chi connectivity index (χ2n) is 2.92. The van der Waals surface area contributed by atoms with Gasteiger partial charge in [0.15, 0.2) is 0 Å². The van der Waals surface area contributed by atoms with Crippen molar-refractivity contribution in [2.75, 3.05) is 7.11 Å².